The molecule has 1 heterocycles. The Balaban J connectivity index is 2.87. The zero-order valence-corrected chi connectivity index (χ0v) is 8.15. The van der Waals surface area contributed by atoms with E-state index in [1.165, 1.54) is 13.3 Å². The molecule has 0 unspecified atom stereocenters. The zero-order chi connectivity index (χ0) is 11.4. The van der Waals surface area contributed by atoms with Gasteiger partial charge in [-0.15, -0.1) is 0 Å². The number of esters is 1. The summed E-state index contributed by atoms with van der Waals surface area (Å²) in [5.41, 5.74) is -0.963. The second-order valence-corrected chi connectivity index (χ2v) is 2.90. The molecule has 15 heavy (non-hydrogen) atoms. The Bertz CT molecular complexity index is 474. The Morgan fingerprint density at radius 2 is 2.27 bits per heavy atom. The fraction of sp³-hybridized carbons (Fsp3) is 0.375. The molecule has 0 amide bonds. The normalized spacial score (nSPS) is 9.93. The standard InChI is InChI=1S/C8H11N3O4/c1-15-6(12)3-2-5-4-11(9)8(14)10-7(5)13/h4H,2-3,9H2,1H3,(H,10,13,14). The molecule has 0 bridgehead atoms. The maximum Gasteiger partial charge on any atom is 0.346 e. The predicted molar refractivity (Wildman–Crippen MR) is 51.8 cm³/mol. The van der Waals surface area contributed by atoms with Gasteiger partial charge in [0.15, 0.2) is 0 Å². The lowest BCUT2D eigenvalue weighted by molar-refractivity contribution is -0.140. The Labute approximate surface area is 84.4 Å². The van der Waals surface area contributed by atoms with E-state index in [2.05, 4.69) is 4.74 Å². The van der Waals surface area contributed by atoms with Crippen LogP contribution >= 0.6 is 0 Å². The Kier molecular flexibility index (Phi) is 3.27. The van der Waals surface area contributed by atoms with Gasteiger partial charge in [0.25, 0.3) is 5.56 Å². The third-order valence-electron chi connectivity index (χ3n) is 1.87. The largest absolute Gasteiger partial charge is 0.469 e. The van der Waals surface area contributed by atoms with E-state index >= 15 is 0 Å². The number of nitrogens with zero attached hydrogens (tertiary/aromatic N) is 1. The van der Waals surface area contributed by atoms with Crippen molar-refractivity contribution in [1.82, 2.24) is 9.66 Å². The highest BCUT2D eigenvalue weighted by Gasteiger charge is 2.06. The van der Waals surface area contributed by atoms with Gasteiger partial charge in [-0.3, -0.25) is 14.6 Å². The molecule has 7 nitrogen and oxygen atoms in total. The minimum absolute atomic E-state index is 0.0672. The van der Waals surface area contributed by atoms with Crippen LogP contribution in [0.3, 0.4) is 0 Å². The van der Waals surface area contributed by atoms with E-state index in [1.807, 2.05) is 4.98 Å². The van der Waals surface area contributed by atoms with Gasteiger partial charge in [0.05, 0.1) is 7.11 Å². The van der Waals surface area contributed by atoms with E-state index in [9.17, 15) is 14.4 Å². The molecule has 1 rings (SSSR count). The lowest BCUT2D eigenvalue weighted by atomic mass is 10.2. The molecule has 1 aromatic rings. The Hall–Kier alpha value is -2.05. The lowest BCUT2D eigenvalue weighted by Crippen LogP contribution is -2.35. The van der Waals surface area contributed by atoms with E-state index in [-0.39, 0.29) is 18.4 Å². The van der Waals surface area contributed by atoms with E-state index in [0.717, 1.165) is 4.68 Å². The smallest absolute Gasteiger partial charge is 0.346 e. The highest BCUT2D eigenvalue weighted by atomic mass is 16.5. The molecule has 0 saturated heterocycles. The fourth-order valence-electron chi connectivity index (χ4n) is 1.04. The van der Waals surface area contributed by atoms with Crippen LogP contribution in [0.4, 0.5) is 0 Å². The van der Waals surface area contributed by atoms with Crippen LogP contribution in [-0.4, -0.2) is 22.7 Å². The van der Waals surface area contributed by atoms with Crippen molar-refractivity contribution in [3.8, 4) is 0 Å². The predicted octanol–water partition coefficient (Wildman–Crippen LogP) is -1.64. The van der Waals surface area contributed by atoms with Crippen LogP contribution in [0, 0.1) is 0 Å². The second-order valence-electron chi connectivity index (χ2n) is 2.90. The van der Waals surface area contributed by atoms with Crippen molar-refractivity contribution in [1.29, 1.82) is 0 Å². The molecule has 0 fully saturated rings. The van der Waals surface area contributed by atoms with Crippen LogP contribution in [0.2, 0.25) is 0 Å². The summed E-state index contributed by atoms with van der Waals surface area (Å²) in [6.45, 7) is 0. The number of H-pyrrole nitrogens is 1. The SMILES string of the molecule is COC(=O)CCc1cn(N)c(=O)[nH]c1=O. The zero-order valence-electron chi connectivity index (χ0n) is 8.15. The van der Waals surface area contributed by atoms with E-state index < -0.39 is 17.2 Å². The number of aryl methyl sites for hydroxylation is 1. The molecule has 0 saturated carbocycles. The van der Waals surface area contributed by atoms with Gasteiger partial charge in [0.1, 0.15) is 0 Å². The van der Waals surface area contributed by atoms with Gasteiger partial charge in [-0.2, -0.15) is 0 Å². The number of hydrogen-bond acceptors (Lipinski definition) is 5. The van der Waals surface area contributed by atoms with Gasteiger partial charge in [-0.05, 0) is 6.42 Å². The lowest BCUT2D eigenvalue weighted by Gasteiger charge is -2.01. The Morgan fingerprint density at radius 1 is 1.60 bits per heavy atom. The summed E-state index contributed by atoms with van der Waals surface area (Å²) in [7, 11) is 1.26. The third-order valence-corrected chi connectivity index (χ3v) is 1.87. The molecule has 1 aromatic heterocycles. The molecule has 0 atom stereocenters. The first-order valence-electron chi connectivity index (χ1n) is 4.21. The monoisotopic (exact) mass is 213 g/mol. The average molecular weight is 213 g/mol. The quantitative estimate of drug-likeness (QED) is 0.462. The average Bonchev–Trinajstić information content (AvgIpc) is 2.21. The van der Waals surface area contributed by atoms with Crippen molar-refractivity contribution in [2.45, 2.75) is 12.8 Å². The number of aromatic nitrogens is 2. The molecule has 7 heteroatoms. The number of nitrogens with one attached hydrogen (secondary N) is 1. The first-order chi connectivity index (χ1) is 7.04. The van der Waals surface area contributed by atoms with Crippen molar-refractivity contribution in [3.05, 3.63) is 32.6 Å². The summed E-state index contributed by atoms with van der Waals surface area (Å²) < 4.78 is 5.17. The van der Waals surface area contributed by atoms with Crippen molar-refractivity contribution in [3.63, 3.8) is 0 Å². The minimum atomic E-state index is -0.693. The van der Waals surface area contributed by atoms with Crippen LogP contribution in [0.1, 0.15) is 12.0 Å². The van der Waals surface area contributed by atoms with Crippen molar-refractivity contribution >= 4 is 5.97 Å². The summed E-state index contributed by atoms with van der Waals surface area (Å²) in [5.74, 6) is 4.82. The van der Waals surface area contributed by atoms with Gasteiger partial charge in [-0.1, -0.05) is 0 Å². The van der Waals surface area contributed by atoms with Crippen LogP contribution in [-0.2, 0) is 16.0 Å². The number of carbonyl (C=O) groups excluding carboxylic acids is 1. The number of methoxy groups -OCH3 is 1. The van der Waals surface area contributed by atoms with Gasteiger partial charge in [0, 0.05) is 18.2 Å². The number of hydrogen-bond donors (Lipinski definition) is 2. The molecular formula is C8H11N3O4. The van der Waals surface area contributed by atoms with Crippen LogP contribution < -0.4 is 17.1 Å². The molecule has 0 aliphatic rings. The number of ether oxygens (including phenoxy) is 1. The molecule has 3 N–H and O–H groups in total. The number of nitrogens with two attached hydrogens (primary N) is 1. The molecule has 0 aliphatic carbocycles. The molecule has 0 radical (unpaired) electrons. The van der Waals surface area contributed by atoms with Crippen molar-refractivity contribution in [2.24, 2.45) is 0 Å². The Morgan fingerprint density at radius 3 is 2.87 bits per heavy atom. The van der Waals surface area contributed by atoms with Gasteiger partial charge < -0.3 is 10.6 Å². The topological polar surface area (TPSA) is 107 Å². The summed E-state index contributed by atoms with van der Waals surface area (Å²) >= 11 is 0. The van der Waals surface area contributed by atoms with E-state index in [0.29, 0.717) is 0 Å². The first-order valence-corrected chi connectivity index (χ1v) is 4.21. The summed E-state index contributed by atoms with van der Waals surface area (Å²) in [5, 5.41) is 0. The number of carbonyl (C=O) groups is 1. The van der Waals surface area contributed by atoms with E-state index in [4.69, 9.17) is 5.84 Å². The van der Waals surface area contributed by atoms with Crippen molar-refractivity contribution < 1.29 is 9.53 Å². The number of aromatic amines is 1. The van der Waals surface area contributed by atoms with Gasteiger partial charge in [0.2, 0.25) is 0 Å². The molecule has 0 aliphatic heterocycles. The fourth-order valence-corrected chi connectivity index (χ4v) is 1.04. The summed E-state index contributed by atoms with van der Waals surface area (Å²) in [4.78, 5) is 34.9. The maximum atomic E-state index is 11.2. The van der Waals surface area contributed by atoms with Crippen LogP contribution in [0.25, 0.3) is 0 Å². The van der Waals surface area contributed by atoms with Crippen LogP contribution in [0.15, 0.2) is 15.8 Å². The van der Waals surface area contributed by atoms with Gasteiger partial charge in [-0.25, -0.2) is 9.47 Å². The third kappa shape index (κ3) is 2.70. The number of nitrogen functional groups attached to an aromatic ring is 1. The molecule has 82 valence electrons. The van der Waals surface area contributed by atoms with Crippen LogP contribution in [0.5, 0.6) is 0 Å². The first kappa shape index (κ1) is 11.0. The van der Waals surface area contributed by atoms with E-state index in [1.54, 1.807) is 0 Å². The van der Waals surface area contributed by atoms with Gasteiger partial charge >= 0.3 is 11.7 Å². The number of rotatable bonds is 3. The maximum absolute atomic E-state index is 11.2. The molecule has 0 spiro atoms. The highest BCUT2D eigenvalue weighted by molar-refractivity contribution is 5.69. The highest BCUT2D eigenvalue weighted by Crippen LogP contribution is 1.94. The second kappa shape index (κ2) is 4.45. The molecule has 0 aromatic carbocycles. The summed E-state index contributed by atoms with van der Waals surface area (Å²) in [6, 6.07) is 0. The summed E-state index contributed by atoms with van der Waals surface area (Å²) in [6.07, 6.45) is 1.45. The minimum Gasteiger partial charge on any atom is -0.469 e. The molecular weight excluding hydrogens is 202 g/mol. The van der Waals surface area contributed by atoms with Crippen molar-refractivity contribution in [2.75, 3.05) is 13.0 Å².